The standard InChI is InChI=1S/C15H29N3O3/c1-10(2)11-7-8-15(16,12(19)17-6)9-18(11)13(20)21-14(3,4)5/h10-11H,7-9,16H2,1-6H3,(H,17,19). The molecule has 0 spiro atoms. The number of hydrogen-bond acceptors (Lipinski definition) is 4. The second kappa shape index (κ2) is 6.22. The molecule has 1 aliphatic rings. The number of nitrogens with one attached hydrogen (secondary N) is 1. The lowest BCUT2D eigenvalue weighted by atomic mass is 9.82. The van der Waals surface area contributed by atoms with Gasteiger partial charge in [0.15, 0.2) is 0 Å². The van der Waals surface area contributed by atoms with Crippen LogP contribution in [-0.4, -0.2) is 47.7 Å². The summed E-state index contributed by atoms with van der Waals surface area (Å²) < 4.78 is 5.46. The number of likely N-dealkylation sites (tertiary alicyclic amines) is 1. The van der Waals surface area contributed by atoms with Crippen LogP contribution in [0.4, 0.5) is 4.79 Å². The Bertz CT molecular complexity index is 403. The van der Waals surface area contributed by atoms with Crippen molar-refractivity contribution in [1.29, 1.82) is 0 Å². The molecule has 0 saturated carbocycles. The second-order valence-electron chi connectivity index (χ2n) is 7.19. The van der Waals surface area contributed by atoms with Gasteiger partial charge < -0.3 is 20.7 Å². The number of likely N-dealkylation sites (N-methyl/N-ethyl adjacent to an activating group) is 1. The highest BCUT2D eigenvalue weighted by molar-refractivity contribution is 5.87. The molecule has 2 amide bonds. The molecule has 1 aliphatic heterocycles. The summed E-state index contributed by atoms with van der Waals surface area (Å²) in [4.78, 5) is 26.1. The molecule has 0 bridgehead atoms. The van der Waals surface area contributed by atoms with E-state index in [9.17, 15) is 9.59 Å². The highest BCUT2D eigenvalue weighted by Crippen LogP contribution is 2.29. The van der Waals surface area contributed by atoms with Crippen molar-refractivity contribution in [2.24, 2.45) is 11.7 Å². The van der Waals surface area contributed by atoms with Crippen molar-refractivity contribution in [1.82, 2.24) is 10.2 Å². The molecular weight excluding hydrogens is 270 g/mol. The molecule has 6 heteroatoms. The third kappa shape index (κ3) is 4.33. The molecule has 21 heavy (non-hydrogen) atoms. The van der Waals surface area contributed by atoms with Gasteiger partial charge in [0.2, 0.25) is 5.91 Å². The molecule has 0 aromatic carbocycles. The SMILES string of the molecule is CNC(=O)C1(N)CCC(C(C)C)N(C(=O)OC(C)(C)C)C1. The van der Waals surface area contributed by atoms with Crippen LogP contribution in [0.1, 0.15) is 47.5 Å². The highest BCUT2D eigenvalue weighted by atomic mass is 16.6. The first-order valence-electron chi connectivity index (χ1n) is 7.51. The van der Waals surface area contributed by atoms with Crippen molar-refractivity contribution in [2.45, 2.75) is 64.6 Å². The molecule has 0 aromatic heterocycles. The van der Waals surface area contributed by atoms with Crippen molar-refractivity contribution in [3.63, 3.8) is 0 Å². The number of amides is 2. The molecule has 1 rings (SSSR count). The van der Waals surface area contributed by atoms with E-state index in [1.54, 1.807) is 11.9 Å². The summed E-state index contributed by atoms with van der Waals surface area (Å²) >= 11 is 0. The first-order valence-corrected chi connectivity index (χ1v) is 7.51. The molecule has 0 aromatic rings. The number of nitrogens with zero attached hydrogens (tertiary/aromatic N) is 1. The fourth-order valence-electron chi connectivity index (χ4n) is 2.71. The number of carbonyl (C=O) groups is 2. The quantitative estimate of drug-likeness (QED) is 0.809. The van der Waals surface area contributed by atoms with Gasteiger partial charge >= 0.3 is 6.09 Å². The zero-order valence-electron chi connectivity index (χ0n) is 14.0. The summed E-state index contributed by atoms with van der Waals surface area (Å²) in [5, 5.41) is 2.58. The van der Waals surface area contributed by atoms with Crippen LogP contribution in [-0.2, 0) is 9.53 Å². The number of carbonyl (C=O) groups excluding carboxylic acids is 2. The van der Waals surface area contributed by atoms with E-state index >= 15 is 0 Å². The Kier molecular flexibility index (Phi) is 5.25. The first-order chi connectivity index (χ1) is 9.50. The predicted molar refractivity (Wildman–Crippen MR) is 81.8 cm³/mol. The number of piperidine rings is 1. The lowest BCUT2D eigenvalue weighted by molar-refractivity contribution is -0.128. The Labute approximate surface area is 127 Å². The third-order valence-corrected chi connectivity index (χ3v) is 3.82. The van der Waals surface area contributed by atoms with Crippen LogP contribution in [0.3, 0.4) is 0 Å². The molecule has 1 saturated heterocycles. The second-order valence-corrected chi connectivity index (χ2v) is 7.19. The van der Waals surface area contributed by atoms with E-state index in [2.05, 4.69) is 19.2 Å². The first kappa shape index (κ1) is 17.8. The fraction of sp³-hybridized carbons (Fsp3) is 0.867. The number of hydrogen-bond donors (Lipinski definition) is 2. The van der Waals surface area contributed by atoms with Gasteiger partial charge in [0.05, 0.1) is 6.54 Å². The lowest BCUT2D eigenvalue weighted by Gasteiger charge is -2.45. The van der Waals surface area contributed by atoms with Gasteiger partial charge in [-0.15, -0.1) is 0 Å². The molecule has 3 N–H and O–H groups in total. The van der Waals surface area contributed by atoms with Crippen LogP contribution >= 0.6 is 0 Å². The van der Waals surface area contributed by atoms with Crippen molar-refractivity contribution < 1.29 is 14.3 Å². The van der Waals surface area contributed by atoms with Gasteiger partial charge in [0.25, 0.3) is 0 Å². The van der Waals surface area contributed by atoms with Crippen LogP contribution in [0, 0.1) is 5.92 Å². The Morgan fingerprint density at radius 3 is 2.38 bits per heavy atom. The van der Waals surface area contributed by atoms with Gasteiger partial charge in [0, 0.05) is 13.1 Å². The number of nitrogens with two attached hydrogens (primary N) is 1. The van der Waals surface area contributed by atoms with E-state index in [1.165, 1.54) is 0 Å². The van der Waals surface area contributed by atoms with Gasteiger partial charge in [-0.1, -0.05) is 13.8 Å². The lowest BCUT2D eigenvalue weighted by Crippen LogP contribution is -2.66. The van der Waals surface area contributed by atoms with E-state index in [4.69, 9.17) is 10.5 Å². The van der Waals surface area contributed by atoms with E-state index in [0.29, 0.717) is 12.8 Å². The maximum Gasteiger partial charge on any atom is 0.410 e. The Hall–Kier alpha value is -1.30. The predicted octanol–water partition coefficient (Wildman–Crippen LogP) is 1.49. The minimum absolute atomic E-state index is 0.0428. The molecule has 0 aliphatic carbocycles. The maximum absolute atomic E-state index is 12.4. The third-order valence-electron chi connectivity index (χ3n) is 3.82. The van der Waals surface area contributed by atoms with Crippen molar-refractivity contribution in [3.05, 3.63) is 0 Å². The van der Waals surface area contributed by atoms with Crippen molar-refractivity contribution >= 4 is 12.0 Å². The van der Waals surface area contributed by atoms with E-state index < -0.39 is 17.2 Å². The molecule has 1 fully saturated rings. The van der Waals surface area contributed by atoms with Gasteiger partial charge in [-0.2, -0.15) is 0 Å². The Morgan fingerprint density at radius 2 is 1.95 bits per heavy atom. The molecule has 6 nitrogen and oxygen atoms in total. The normalized spacial score (nSPS) is 26.7. The smallest absolute Gasteiger partial charge is 0.410 e. The average molecular weight is 299 g/mol. The van der Waals surface area contributed by atoms with Gasteiger partial charge in [0.1, 0.15) is 11.1 Å². The highest BCUT2D eigenvalue weighted by Gasteiger charge is 2.45. The topological polar surface area (TPSA) is 84.7 Å². The summed E-state index contributed by atoms with van der Waals surface area (Å²) in [7, 11) is 1.56. The molecular formula is C15H29N3O3. The van der Waals surface area contributed by atoms with Crippen LogP contribution in [0.15, 0.2) is 0 Å². The zero-order chi connectivity index (χ0) is 16.4. The Morgan fingerprint density at radius 1 is 1.38 bits per heavy atom. The monoisotopic (exact) mass is 299 g/mol. The summed E-state index contributed by atoms with van der Waals surface area (Å²) in [5.74, 6) is 0.0463. The van der Waals surface area contributed by atoms with Gasteiger partial charge in [-0.3, -0.25) is 4.79 Å². The van der Waals surface area contributed by atoms with E-state index in [0.717, 1.165) is 0 Å². The summed E-state index contributed by atoms with van der Waals surface area (Å²) in [6, 6.07) is 0.0428. The summed E-state index contributed by atoms with van der Waals surface area (Å²) in [6.07, 6.45) is 0.856. The average Bonchev–Trinajstić information content (AvgIpc) is 2.35. The van der Waals surface area contributed by atoms with Crippen LogP contribution in [0.25, 0.3) is 0 Å². The molecule has 2 unspecified atom stereocenters. The van der Waals surface area contributed by atoms with Crippen molar-refractivity contribution in [2.75, 3.05) is 13.6 Å². The van der Waals surface area contributed by atoms with Gasteiger partial charge in [-0.05, 0) is 39.5 Å². The largest absolute Gasteiger partial charge is 0.444 e. The minimum atomic E-state index is -1.04. The summed E-state index contributed by atoms with van der Waals surface area (Å²) in [6.45, 7) is 9.79. The van der Waals surface area contributed by atoms with E-state index in [-0.39, 0.29) is 24.4 Å². The number of rotatable bonds is 2. The summed E-state index contributed by atoms with van der Waals surface area (Å²) in [5.41, 5.74) is 4.59. The molecule has 0 radical (unpaired) electrons. The minimum Gasteiger partial charge on any atom is -0.444 e. The Balaban J connectivity index is 2.97. The number of ether oxygens (including phenoxy) is 1. The molecule has 122 valence electrons. The van der Waals surface area contributed by atoms with Gasteiger partial charge in [-0.25, -0.2) is 4.79 Å². The fourth-order valence-corrected chi connectivity index (χ4v) is 2.71. The van der Waals surface area contributed by atoms with Crippen LogP contribution < -0.4 is 11.1 Å². The maximum atomic E-state index is 12.4. The zero-order valence-corrected chi connectivity index (χ0v) is 14.0. The molecule has 2 atom stereocenters. The van der Waals surface area contributed by atoms with E-state index in [1.807, 2.05) is 20.8 Å². The van der Waals surface area contributed by atoms with Crippen molar-refractivity contribution in [3.8, 4) is 0 Å². The van der Waals surface area contributed by atoms with Crippen LogP contribution in [0.2, 0.25) is 0 Å². The van der Waals surface area contributed by atoms with Crippen LogP contribution in [0.5, 0.6) is 0 Å². The molecule has 1 heterocycles.